The Kier molecular flexibility index (Phi) is 26.3. The average Bonchev–Trinajstić information content (AvgIpc) is 1.62. The third kappa shape index (κ3) is 22200. The third-order valence-corrected chi connectivity index (χ3v) is 0. The van der Waals surface area contributed by atoms with Gasteiger partial charge in [0.15, 0.2) is 41.2 Å². The summed E-state index contributed by atoms with van der Waals surface area (Å²) >= 11 is 0. The van der Waals surface area contributed by atoms with Crippen molar-refractivity contribution in [2.45, 2.75) is 0 Å². The number of rotatable bonds is 0. The van der Waals surface area contributed by atoms with Gasteiger partial charge in [0.05, 0.1) is 0 Å². The van der Waals surface area contributed by atoms with Gasteiger partial charge in [-0.15, -0.1) is 0 Å². The van der Waals surface area contributed by atoms with Crippen molar-refractivity contribution < 1.29 is 87.9 Å². The quantitative estimate of drug-likeness (QED) is 0.175. The first-order valence-corrected chi connectivity index (χ1v) is 8.83. The second kappa shape index (κ2) is 15.1. The minimum absolute atomic E-state index is 0. The van der Waals surface area contributed by atoms with E-state index in [9.17, 15) is 0 Å². The minimum atomic E-state index is -4.42. The molecule has 0 heterocycles. The minimum Gasteiger partial charge on any atom is -0.736 e. The van der Waals surface area contributed by atoms with Crippen LogP contribution in [0.3, 0.4) is 0 Å². The van der Waals surface area contributed by atoms with Crippen molar-refractivity contribution in [1.82, 2.24) is 0 Å². The summed E-state index contributed by atoms with van der Waals surface area (Å²) in [5.74, 6) is 0. The molecule has 0 aliphatic carbocycles. The van der Waals surface area contributed by atoms with Gasteiger partial charge in [-0.3, -0.25) is 0 Å². The molecule has 0 atom stereocenters. The van der Waals surface area contributed by atoms with Crippen LogP contribution in [0.2, 0.25) is 0 Å². The largest absolute Gasteiger partial charge is 2.00 e. The van der Waals surface area contributed by atoms with E-state index >= 15 is 0 Å². The Balaban J connectivity index is -0.0000000376. The van der Waals surface area contributed by atoms with Crippen molar-refractivity contribution in [1.29, 1.82) is 0 Å². The topological polar surface area (TPSA) is 333 Å². The van der Waals surface area contributed by atoms with Crippen LogP contribution in [-0.4, -0.2) is 51.9 Å². The van der Waals surface area contributed by atoms with E-state index in [4.69, 9.17) is 51.9 Å². The summed E-state index contributed by atoms with van der Waals surface area (Å²) in [6.45, 7) is 0. The van der Waals surface area contributed by atoms with E-state index in [0.29, 0.717) is 0 Å². The fourth-order valence-corrected chi connectivity index (χ4v) is 0. The molecule has 0 aromatic carbocycles. The SMILES string of the molecule is NS(=O)(=O)[O-].NS(=O)(=O)[O-].NS(=O)(=O)[O-].NS(=O)(=O)[O-].[Ni+2].[Zn+2]. The molecule has 16 nitrogen and oxygen atoms in total. The molecule has 0 radical (unpaired) electrons. The van der Waals surface area contributed by atoms with Gasteiger partial charge in [0.2, 0.25) is 0 Å². The number of hydrogen-bond acceptors (Lipinski definition) is 12. The first kappa shape index (κ1) is 38.3. The summed E-state index contributed by atoms with van der Waals surface area (Å²) in [5.41, 5.74) is 0. The van der Waals surface area contributed by atoms with E-state index in [0.717, 1.165) is 0 Å². The monoisotopic (exact) mass is 506 g/mol. The standard InChI is InChI=1S/4H3NO3S.Ni.Zn/c4*1-5(2,3)4;;/h4*(H3,1,2,3,4);;/q;;;;2*+2/p-4. The predicted molar refractivity (Wildman–Crippen MR) is 55.5 cm³/mol. The second-order valence-corrected chi connectivity index (χ2v) is 5.91. The Morgan fingerprint density at radius 1 is 0.455 bits per heavy atom. The van der Waals surface area contributed by atoms with Crippen LogP contribution in [0.1, 0.15) is 0 Å². The van der Waals surface area contributed by atoms with Gasteiger partial charge in [-0.2, -0.15) is 0 Å². The molecule has 0 saturated carbocycles. The van der Waals surface area contributed by atoms with Crippen molar-refractivity contribution in [2.75, 3.05) is 0 Å². The molecule has 0 bridgehead atoms. The Hall–Kier alpha value is 0.597. The van der Waals surface area contributed by atoms with Crippen LogP contribution in [0.25, 0.3) is 0 Å². The van der Waals surface area contributed by atoms with Crippen LogP contribution in [0.5, 0.6) is 0 Å². The zero-order valence-electron chi connectivity index (χ0n) is 9.86. The maximum absolute atomic E-state index is 8.85. The van der Waals surface area contributed by atoms with Crippen LogP contribution in [-0.2, 0) is 77.2 Å². The van der Waals surface area contributed by atoms with Gasteiger partial charge in [0, 0.05) is 0 Å². The molecule has 0 saturated heterocycles. The van der Waals surface area contributed by atoms with E-state index in [1.165, 1.54) is 0 Å². The Labute approximate surface area is 149 Å². The Morgan fingerprint density at radius 2 is 0.455 bits per heavy atom. The molecule has 8 N–H and O–H groups in total. The molecule has 0 spiro atoms. The summed E-state index contributed by atoms with van der Waals surface area (Å²) in [6.07, 6.45) is 0. The molecule has 0 aliphatic heterocycles. The summed E-state index contributed by atoms with van der Waals surface area (Å²) < 4.78 is 106. The van der Waals surface area contributed by atoms with Gasteiger partial charge in [-0.25, -0.2) is 54.2 Å². The van der Waals surface area contributed by atoms with Crippen molar-refractivity contribution in [2.24, 2.45) is 20.6 Å². The Morgan fingerprint density at radius 3 is 0.455 bits per heavy atom. The molecule has 0 rings (SSSR count). The number of hydrogen-bond donors (Lipinski definition) is 4. The number of nitrogens with two attached hydrogens (primary N) is 4. The zero-order valence-corrected chi connectivity index (χ0v) is 17.1. The van der Waals surface area contributed by atoms with Crippen LogP contribution in [0.15, 0.2) is 0 Å². The molecular weight excluding hydrogens is 500 g/mol. The van der Waals surface area contributed by atoms with Gasteiger partial charge < -0.3 is 18.2 Å². The predicted octanol–water partition coefficient (Wildman–Crippen LogP) is -6.38. The maximum Gasteiger partial charge on any atom is 2.00 e. The fraction of sp³-hybridized carbons (Fsp3) is 0. The van der Waals surface area contributed by atoms with Crippen LogP contribution >= 0.6 is 0 Å². The zero-order chi connectivity index (χ0) is 18.0. The third-order valence-electron chi connectivity index (χ3n) is 0. The van der Waals surface area contributed by atoms with E-state index in [-0.39, 0.29) is 36.0 Å². The van der Waals surface area contributed by atoms with E-state index in [1.807, 2.05) is 0 Å². The van der Waals surface area contributed by atoms with Crippen LogP contribution in [0.4, 0.5) is 0 Å². The van der Waals surface area contributed by atoms with Crippen molar-refractivity contribution >= 4 is 41.2 Å². The smallest absolute Gasteiger partial charge is 0.736 e. The van der Waals surface area contributed by atoms with Gasteiger partial charge in [-0.05, 0) is 0 Å². The van der Waals surface area contributed by atoms with E-state index < -0.39 is 41.2 Å². The van der Waals surface area contributed by atoms with Crippen molar-refractivity contribution in [3.63, 3.8) is 0 Å². The molecule has 0 unspecified atom stereocenters. The molecule has 0 amide bonds. The molecule has 22 heavy (non-hydrogen) atoms. The molecule has 22 heteroatoms. The van der Waals surface area contributed by atoms with E-state index in [1.54, 1.807) is 0 Å². The maximum atomic E-state index is 8.85. The van der Waals surface area contributed by atoms with Gasteiger partial charge in [0.25, 0.3) is 0 Å². The van der Waals surface area contributed by atoms with Crippen molar-refractivity contribution in [3.8, 4) is 0 Å². The Bertz CT molecular complexity index is 492. The van der Waals surface area contributed by atoms with Gasteiger partial charge in [0.1, 0.15) is 0 Å². The van der Waals surface area contributed by atoms with Crippen LogP contribution < -0.4 is 20.6 Å². The second-order valence-electron chi connectivity index (χ2n) is 1.97. The van der Waals surface area contributed by atoms with Gasteiger partial charge in [-0.1, -0.05) is 0 Å². The molecule has 136 valence electrons. The fourth-order valence-electron chi connectivity index (χ4n) is 0. The van der Waals surface area contributed by atoms with E-state index in [2.05, 4.69) is 20.6 Å². The van der Waals surface area contributed by atoms with Crippen molar-refractivity contribution in [3.05, 3.63) is 0 Å². The molecule has 0 aliphatic rings. The first-order valence-electron chi connectivity index (χ1n) is 2.94. The summed E-state index contributed by atoms with van der Waals surface area (Å²) in [7, 11) is -17.7. The average molecular weight is 508 g/mol. The summed E-state index contributed by atoms with van der Waals surface area (Å²) in [5, 5.41) is 15.1. The molecule has 0 fully saturated rings. The normalized spacial score (nSPS) is 10.5. The molecular formula is H8N4NiO12S4Zn. The van der Waals surface area contributed by atoms with Crippen LogP contribution in [0, 0.1) is 0 Å². The molecule has 0 aromatic rings. The summed E-state index contributed by atoms with van der Waals surface area (Å²) in [4.78, 5) is 0. The summed E-state index contributed by atoms with van der Waals surface area (Å²) in [6, 6.07) is 0. The first-order chi connectivity index (χ1) is 8.00. The van der Waals surface area contributed by atoms with Gasteiger partial charge >= 0.3 is 36.0 Å². The molecule has 0 aromatic heterocycles.